The van der Waals surface area contributed by atoms with E-state index in [0.29, 0.717) is 40.1 Å². The zero-order valence-electron chi connectivity index (χ0n) is 17.0. The normalized spacial score (nSPS) is 14.4. The lowest BCUT2D eigenvalue weighted by Crippen LogP contribution is -2.36. The number of halogens is 1. The molecule has 32 heavy (non-hydrogen) atoms. The van der Waals surface area contributed by atoms with Gasteiger partial charge in [0, 0.05) is 34.7 Å². The topological polar surface area (TPSA) is 115 Å². The van der Waals surface area contributed by atoms with Gasteiger partial charge in [0.1, 0.15) is 10.8 Å². The van der Waals surface area contributed by atoms with Crippen LogP contribution in [0.4, 0.5) is 11.5 Å². The molecule has 1 aliphatic rings. The van der Waals surface area contributed by atoms with Gasteiger partial charge in [-0.3, -0.25) is 4.79 Å². The van der Waals surface area contributed by atoms with E-state index in [2.05, 4.69) is 15.2 Å². The number of hydrogen-bond donors (Lipinski definition) is 2. The van der Waals surface area contributed by atoms with Crippen molar-refractivity contribution in [1.29, 1.82) is 0 Å². The Morgan fingerprint density at radius 1 is 1.22 bits per heavy atom. The van der Waals surface area contributed by atoms with Crippen molar-refractivity contribution >= 4 is 50.4 Å². The maximum atomic E-state index is 12.5. The molecule has 0 saturated carbocycles. The summed E-state index contributed by atoms with van der Waals surface area (Å²) in [5.41, 5.74) is 1.38. The molecule has 8 nitrogen and oxygen atoms in total. The Morgan fingerprint density at radius 2 is 1.97 bits per heavy atom. The lowest BCUT2D eigenvalue weighted by atomic mass is 10.1. The predicted molar refractivity (Wildman–Crippen MR) is 126 cm³/mol. The van der Waals surface area contributed by atoms with Crippen molar-refractivity contribution < 1.29 is 17.9 Å². The molecule has 11 heteroatoms. The van der Waals surface area contributed by atoms with E-state index in [1.807, 2.05) is 5.38 Å². The number of primary sulfonamides is 1. The van der Waals surface area contributed by atoms with Gasteiger partial charge >= 0.3 is 0 Å². The summed E-state index contributed by atoms with van der Waals surface area (Å²) in [5, 5.41) is 11.1. The SMILES string of the molecule is NS(=O)(=O)c1cc(NC(=O)Cc2ccccc2Cl)ccc1-c1nc(N2CCOCC2)cs1. The van der Waals surface area contributed by atoms with E-state index in [1.165, 1.54) is 17.4 Å². The Labute approximate surface area is 195 Å². The molecule has 0 spiro atoms. The lowest BCUT2D eigenvalue weighted by molar-refractivity contribution is -0.115. The van der Waals surface area contributed by atoms with Crippen molar-refractivity contribution in [3.8, 4) is 10.6 Å². The first-order chi connectivity index (χ1) is 15.3. The number of rotatable bonds is 6. The minimum absolute atomic E-state index is 0.0571. The highest BCUT2D eigenvalue weighted by Crippen LogP contribution is 2.34. The summed E-state index contributed by atoms with van der Waals surface area (Å²) in [5.74, 6) is 0.445. The van der Waals surface area contributed by atoms with Crippen molar-refractivity contribution in [3.05, 3.63) is 58.4 Å². The molecule has 2 heterocycles. The summed E-state index contributed by atoms with van der Waals surface area (Å²) in [7, 11) is -4.06. The number of thiazole rings is 1. The number of amides is 1. The summed E-state index contributed by atoms with van der Waals surface area (Å²) in [6.45, 7) is 2.69. The third-order valence-electron chi connectivity index (χ3n) is 4.94. The van der Waals surface area contributed by atoms with Crippen LogP contribution in [0.25, 0.3) is 10.6 Å². The molecule has 1 amide bonds. The Bertz CT molecular complexity index is 1240. The second-order valence-corrected chi connectivity index (χ2v) is 9.98. The number of carbonyl (C=O) groups excluding carboxylic acids is 1. The lowest BCUT2D eigenvalue weighted by Gasteiger charge is -2.26. The molecule has 0 radical (unpaired) electrons. The maximum absolute atomic E-state index is 12.5. The summed E-state index contributed by atoms with van der Waals surface area (Å²) < 4.78 is 30.0. The Morgan fingerprint density at radius 3 is 2.69 bits per heavy atom. The largest absolute Gasteiger partial charge is 0.378 e. The van der Waals surface area contributed by atoms with Crippen molar-refractivity contribution in [2.45, 2.75) is 11.3 Å². The van der Waals surface area contributed by atoms with Crippen LogP contribution in [-0.4, -0.2) is 45.6 Å². The Hall–Kier alpha value is -2.50. The highest BCUT2D eigenvalue weighted by atomic mass is 35.5. The van der Waals surface area contributed by atoms with Gasteiger partial charge < -0.3 is 15.0 Å². The number of anilines is 2. The van der Waals surface area contributed by atoms with Gasteiger partial charge in [0.25, 0.3) is 0 Å². The highest BCUT2D eigenvalue weighted by Gasteiger charge is 2.21. The number of nitrogens with zero attached hydrogens (tertiary/aromatic N) is 2. The molecule has 0 unspecified atom stereocenters. The van der Waals surface area contributed by atoms with E-state index in [-0.39, 0.29) is 17.2 Å². The number of hydrogen-bond acceptors (Lipinski definition) is 7. The number of aromatic nitrogens is 1. The zero-order valence-corrected chi connectivity index (χ0v) is 19.3. The molecule has 1 fully saturated rings. The van der Waals surface area contributed by atoms with Gasteiger partial charge in [-0.15, -0.1) is 11.3 Å². The molecule has 4 rings (SSSR count). The fourth-order valence-electron chi connectivity index (χ4n) is 3.36. The Balaban J connectivity index is 1.58. The predicted octanol–water partition coefficient (Wildman–Crippen LogP) is 3.13. The van der Waals surface area contributed by atoms with Crippen LogP contribution in [0.2, 0.25) is 5.02 Å². The number of nitrogens with two attached hydrogens (primary N) is 1. The minimum atomic E-state index is -4.06. The summed E-state index contributed by atoms with van der Waals surface area (Å²) in [4.78, 5) is 19.0. The first-order valence-corrected chi connectivity index (χ1v) is 12.6. The van der Waals surface area contributed by atoms with Gasteiger partial charge in [0.05, 0.1) is 24.5 Å². The number of ether oxygens (including phenoxy) is 1. The molecule has 0 bridgehead atoms. The standard InChI is InChI=1S/C21H21ClN4O4S2/c22-17-4-2-1-3-14(17)11-20(27)24-15-5-6-16(18(12-15)32(23,28)29)21-25-19(13-31-21)26-7-9-30-10-8-26/h1-6,12-13H,7-11H2,(H,24,27)(H2,23,28,29). The summed E-state index contributed by atoms with van der Waals surface area (Å²) in [6, 6.07) is 11.6. The highest BCUT2D eigenvalue weighted by molar-refractivity contribution is 7.89. The monoisotopic (exact) mass is 492 g/mol. The van der Waals surface area contributed by atoms with Crippen molar-refractivity contribution in [2.24, 2.45) is 5.14 Å². The molecule has 1 aromatic heterocycles. The van der Waals surface area contributed by atoms with Crippen LogP contribution in [0.3, 0.4) is 0 Å². The van der Waals surface area contributed by atoms with E-state index >= 15 is 0 Å². The fraction of sp³-hybridized carbons (Fsp3) is 0.238. The third kappa shape index (κ3) is 5.28. The van der Waals surface area contributed by atoms with Gasteiger partial charge in [-0.1, -0.05) is 29.8 Å². The van der Waals surface area contributed by atoms with E-state index in [0.717, 1.165) is 18.9 Å². The molecule has 3 N–H and O–H groups in total. The zero-order chi connectivity index (χ0) is 22.7. The smallest absolute Gasteiger partial charge is 0.238 e. The second-order valence-electron chi connectivity index (χ2n) is 7.18. The van der Waals surface area contributed by atoms with Gasteiger partial charge in [-0.05, 0) is 29.8 Å². The average Bonchev–Trinajstić information content (AvgIpc) is 3.25. The van der Waals surface area contributed by atoms with Crippen LogP contribution in [-0.2, 0) is 26.0 Å². The number of carbonyl (C=O) groups is 1. The van der Waals surface area contributed by atoms with E-state index in [4.69, 9.17) is 21.5 Å². The molecule has 1 saturated heterocycles. The van der Waals surface area contributed by atoms with E-state index in [1.54, 1.807) is 36.4 Å². The molecule has 3 aromatic rings. The van der Waals surface area contributed by atoms with Crippen molar-refractivity contribution in [1.82, 2.24) is 4.98 Å². The number of benzene rings is 2. The quantitative estimate of drug-likeness (QED) is 0.546. The first kappa shape index (κ1) is 22.7. The minimum Gasteiger partial charge on any atom is -0.378 e. The van der Waals surface area contributed by atoms with Gasteiger partial charge in [0.15, 0.2) is 0 Å². The molecule has 0 aliphatic carbocycles. The molecule has 168 valence electrons. The van der Waals surface area contributed by atoms with E-state index < -0.39 is 10.0 Å². The third-order valence-corrected chi connectivity index (χ3v) is 7.12. The molecule has 2 aromatic carbocycles. The van der Waals surface area contributed by atoms with Crippen LogP contribution < -0.4 is 15.4 Å². The van der Waals surface area contributed by atoms with Crippen LogP contribution in [0.15, 0.2) is 52.7 Å². The molecule has 0 atom stereocenters. The number of sulfonamides is 1. The van der Waals surface area contributed by atoms with Crippen LogP contribution >= 0.6 is 22.9 Å². The summed E-state index contributed by atoms with van der Waals surface area (Å²) in [6.07, 6.45) is 0.0571. The van der Waals surface area contributed by atoms with Crippen LogP contribution in [0, 0.1) is 0 Å². The molecular weight excluding hydrogens is 472 g/mol. The van der Waals surface area contributed by atoms with Crippen molar-refractivity contribution in [3.63, 3.8) is 0 Å². The van der Waals surface area contributed by atoms with Crippen LogP contribution in [0.5, 0.6) is 0 Å². The maximum Gasteiger partial charge on any atom is 0.238 e. The summed E-state index contributed by atoms with van der Waals surface area (Å²) >= 11 is 7.45. The number of nitrogens with one attached hydrogen (secondary N) is 1. The van der Waals surface area contributed by atoms with E-state index in [9.17, 15) is 13.2 Å². The second kappa shape index (κ2) is 9.55. The molecule has 1 aliphatic heterocycles. The molecular formula is C21H21ClN4O4S2. The Kier molecular flexibility index (Phi) is 6.77. The number of morpholine rings is 1. The van der Waals surface area contributed by atoms with Crippen molar-refractivity contribution in [2.75, 3.05) is 36.5 Å². The average molecular weight is 493 g/mol. The van der Waals surface area contributed by atoms with Gasteiger partial charge in [0.2, 0.25) is 15.9 Å². The fourth-order valence-corrected chi connectivity index (χ4v) is 5.26. The van der Waals surface area contributed by atoms with Crippen LogP contribution in [0.1, 0.15) is 5.56 Å². The van der Waals surface area contributed by atoms with Gasteiger partial charge in [-0.25, -0.2) is 18.5 Å². The first-order valence-electron chi connectivity index (χ1n) is 9.80. The van der Waals surface area contributed by atoms with Gasteiger partial charge in [-0.2, -0.15) is 0 Å².